The lowest BCUT2D eigenvalue weighted by Gasteiger charge is -1.99. The summed E-state index contributed by atoms with van der Waals surface area (Å²) >= 11 is 0. The molecule has 0 radical (unpaired) electrons. The first kappa shape index (κ1) is 7.47. The van der Waals surface area contributed by atoms with Gasteiger partial charge >= 0.3 is 0 Å². The third-order valence-corrected chi connectivity index (χ3v) is 2.49. The largest absolute Gasteiger partial charge is 0.303 e. The van der Waals surface area contributed by atoms with Crippen molar-refractivity contribution in [1.29, 1.82) is 0 Å². The van der Waals surface area contributed by atoms with Gasteiger partial charge in [0.2, 0.25) is 0 Å². The van der Waals surface area contributed by atoms with Crippen molar-refractivity contribution in [2.75, 3.05) is 0 Å². The first-order valence-corrected chi connectivity index (χ1v) is 4.20. The number of nitrogens with zero attached hydrogens (tertiary/aromatic N) is 1. The third kappa shape index (κ3) is 1.04. The van der Waals surface area contributed by atoms with Crippen LogP contribution in [-0.4, -0.2) is 11.3 Å². The van der Waals surface area contributed by atoms with Crippen molar-refractivity contribution < 1.29 is 4.79 Å². The van der Waals surface area contributed by atoms with Crippen molar-refractivity contribution in [3.8, 4) is 0 Å². The van der Waals surface area contributed by atoms with Crippen LogP contribution < -0.4 is 0 Å². The molecule has 1 atom stereocenters. The molecule has 0 amide bonds. The zero-order chi connectivity index (χ0) is 8.55. The molecule has 0 spiro atoms. The second-order valence-corrected chi connectivity index (χ2v) is 3.36. The lowest BCUT2D eigenvalue weighted by atomic mass is 10.1. The van der Waals surface area contributed by atoms with E-state index in [0.717, 1.165) is 24.8 Å². The summed E-state index contributed by atoms with van der Waals surface area (Å²) in [5.74, 6) is 0.175. The molecule has 1 heterocycles. The molecule has 0 aliphatic heterocycles. The normalized spacial score (nSPS) is 20.6. The van der Waals surface area contributed by atoms with Crippen LogP contribution in [0.3, 0.4) is 0 Å². The van der Waals surface area contributed by atoms with Crippen molar-refractivity contribution in [2.45, 2.75) is 19.8 Å². The van der Waals surface area contributed by atoms with E-state index in [-0.39, 0.29) is 5.92 Å². The fraction of sp³-hybridized carbons (Fsp3) is 0.400. The number of pyridine rings is 1. The number of aromatic nitrogens is 1. The van der Waals surface area contributed by atoms with E-state index in [1.54, 1.807) is 0 Å². The molecule has 1 aromatic rings. The van der Waals surface area contributed by atoms with Crippen LogP contribution in [0.4, 0.5) is 0 Å². The van der Waals surface area contributed by atoms with E-state index in [0.29, 0.717) is 0 Å². The quantitative estimate of drug-likeness (QED) is 0.581. The van der Waals surface area contributed by atoms with E-state index >= 15 is 0 Å². The Morgan fingerprint density at radius 3 is 3.08 bits per heavy atom. The summed E-state index contributed by atoms with van der Waals surface area (Å²) in [4.78, 5) is 14.8. The molecule has 2 rings (SSSR count). The molecule has 62 valence electrons. The molecule has 1 unspecified atom stereocenters. The smallest absolute Gasteiger partial charge is 0.123 e. The number of aryl methyl sites for hydroxylation is 1. The van der Waals surface area contributed by atoms with Crippen LogP contribution in [0.5, 0.6) is 0 Å². The van der Waals surface area contributed by atoms with Gasteiger partial charge in [0.25, 0.3) is 0 Å². The summed E-state index contributed by atoms with van der Waals surface area (Å²) in [6.07, 6.45) is 4.58. The number of carbonyl (C=O) groups is 1. The maximum atomic E-state index is 10.6. The van der Waals surface area contributed by atoms with Crippen molar-refractivity contribution in [3.05, 3.63) is 29.1 Å². The van der Waals surface area contributed by atoms with Gasteiger partial charge in [0.05, 0.1) is 0 Å². The van der Waals surface area contributed by atoms with Crippen molar-refractivity contribution in [2.24, 2.45) is 5.92 Å². The van der Waals surface area contributed by atoms with Crippen molar-refractivity contribution in [3.63, 3.8) is 0 Å². The molecular formula is C10H11NO. The molecular weight excluding hydrogens is 150 g/mol. The predicted octanol–water partition coefficient (Wildman–Crippen LogP) is 1.30. The summed E-state index contributed by atoms with van der Waals surface area (Å²) in [6, 6.07) is 2.01. The van der Waals surface area contributed by atoms with Gasteiger partial charge in [0.15, 0.2) is 0 Å². The molecule has 0 fully saturated rings. The number of rotatable bonds is 1. The number of hydrogen-bond donors (Lipinski definition) is 0. The SMILES string of the molecule is Cc1ccnc2c1CC(C=O)C2. The third-order valence-electron chi connectivity index (χ3n) is 2.49. The van der Waals surface area contributed by atoms with E-state index in [1.807, 2.05) is 12.3 Å². The van der Waals surface area contributed by atoms with E-state index in [2.05, 4.69) is 11.9 Å². The molecule has 2 heteroatoms. The second kappa shape index (κ2) is 2.70. The summed E-state index contributed by atoms with van der Waals surface area (Å²) in [6.45, 7) is 2.08. The van der Waals surface area contributed by atoms with E-state index in [4.69, 9.17) is 0 Å². The zero-order valence-electron chi connectivity index (χ0n) is 7.08. The Bertz CT molecular complexity index is 320. The van der Waals surface area contributed by atoms with Crippen LogP contribution in [0.25, 0.3) is 0 Å². The Morgan fingerprint density at radius 2 is 2.42 bits per heavy atom. The number of aldehydes is 1. The first-order chi connectivity index (χ1) is 5.81. The molecule has 0 saturated carbocycles. The Labute approximate surface area is 71.6 Å². The molecule has 0 bridgehead atoms. The van der Waals surface area contributed by atoms with Crippen LogP contribution in [0, 0.1) is 12.8 Å². The summed E-state index contributed by atoms with van der Waals surface area (Å²) in [5, 5.41) is 0. The average molecular weight is 161 g/mol. The molecule has 1 aliphatic carbocycles. The fourth-order valence-corrected chi connectivity index (χ4v) is 1.78. The van der Waals surface area contributed by atoms with Gasteiger partial charge in [-0.2, -0.15) is 0 Å². The number of fused-ring (bicyclic) bond motifs is 1. The van der Waals surface area contributed by atoms with Crippen LogP contribution >= 0.6 is 0 Å². The lowest BCUT2D eigenvalue weighted by Crippen LogP contribution is -1.99. The highest BCUT2D eigenvalue weighted by atomic mass is 16.1. The minimum atomic E-state index is 0.175. The highest BCUT2D eigenvalue weighted by Crippen LogP contribution is 2.25. The lowest BCUT2D eigenvalue weighted by molar-refractivity contribution is -0.110. The predicted molar refractivity (Wildman–Crippen MR) is 45.9 cm³/mol. The fourth-order valence-electron chi connectivity index (χ4n) is 1.78. The van der Waals surface area contributed by atoms with Gasteiger partial charge in [-0.15, -0.1) is 0 Å². The van der Waals surface area contributed by atoms with Gasteiger partial charge in [0, 0.05) is 17.8 Å². The van der Waals surface area contributed by atoms with Gasteiger partial charge in [-0.25, -0.2) is 0 Å². The second-order valence-electron chi connectivity index (χ2n) is 3.36. The van der Waals surface area contributed by atoms with E-state index in [9.17, 15) is 4.79 Å². The van der Waals surface area contributed by atoms with E-state index < -0.39 is 0 Å². The van der Waals surface area contributed by atoms with Gasteiger partial charge in [-0.1, -0.05) is 0 Å². The Morgan fingerprint density at radius 1 is 1.58 bits per heavy atom. The number of hydrogen-bond acceptors (Lipinski definition) is 2. The maximum absolute atomic E-state index is 10.6. The zero-order valence-corrected chi connectivity index (χ0v) is 7.08. The highest BCUT2D eigenvalue weighted by molar-refractivity contribution is 5.58. The maximum Gasteiger partial charge on any atom is 0.123 e. The molecule has 0 aromatic carbocycles. The van der Waals surface area contributed by atoms with Gasteiger partial charge in [-0.3, -0.25) is 4.98 Å². The Balaban J connectivity index is 2.41. The summed E-state index contributed by atoms with van der Waals surface area (Å²) in [7, 11) is 0. The Hall–Kier alpha value is -1.18. The van der Waals surface area contributed by atoms with Crippen LogP contribution in [0.1, 0.15) is 16.8 Å². The van der Waals surface area contributed by atoms with Crippen molar-refractivity contribution in [1.82, 2.24) is 4.98 Å². The van der Waals surface area contributed by atoms with Crippen LogP contribution in [-0.2, 0) is 17.6 Å². The topological polar surface area (TPSA) is 30.0 Å². The molecule has 0 saturated heterocycles. The standard InChI is InChI=1S/C10H11NO/c1-7-2-3-11-10-5-8(6-12)4-9(7)10/h2-3,6,8H,4-5H2,1H3. The summed E-state index contributed by atoms with van der Waals surface area (Å²) < 4.78 is 0. The monoisotopic (exact) mass is 161 g/mol. The minimum Gasteiger partial charge on any atom is -0.303 e. The van der Waals surface area contributed by atoms with Gasteiger partial charge < -0.3 is 4.79 Å². The average Bonchev–Trinajstić information content (AvgIpc) is 2.49. The first-order valence-electron chi connectivity index (χ1n) is 4.20. The Kier molecular flexibility index (Phi) is 1.68. The van der Waals surface area contributed by atoms with E-state index in [1.165, 1.54) is 11.1 Å². The van der Waals surface area contributed by atoms with Crippen LogP contribution in [0.15, 0.2) is 12.3 Å². The minimum absolute atomic E-state index is 0.175. The summed E-state index contributed by atoms with van der Waals surface area (Å²) in [5.41, 5.74) is 3.67. The molecule has 0 N–H and O–H groups in total. The molecule has 1 aromatic heterocycles. The van der Waals surface area contributed by atoms with Gasteiger partial charge in [0.1, 0.15) is 6.29 Å². The molecule has 2 nitrogen and oxygen atoms in total. The molecule has 1 aliphatic rings. The van der Waals surface area contributed by atoms with Crippen molar-refractivity contribution >= 4 is 6.29 Å². The highest BCUT2D eigenvalue weighted by Gasteiger charge is 2.22. The number of carbonyl (C=O) groups excluding carboxylic acids is 1. The van der Waals surface area contributed by atoms with Crippen LogP contribution in [0.2, 0.25) is 0 Å². The molecule has 12 heavy (non-hydrogen) atoms. The van der Waals surface area contributed by atoms with Gasteiger partial charge in [-0.05, 0) is 37.0 Å².